The summed E-state index contributed by atoms with van der Waals surface area (Å²) in [5.74, 6) is -0.495. The molecule has 0 saturated carbocycles. The lowest BCUT2D eigenvalue weighted by Gasteiger charge is -2.49. The Bertz CT molecular complexity index is 480. The molecular formula is C11H15N3O4S2. The summed E-state index contributed by atoms with van der Waals surface area (Å²) < 4.78 is 0. The molecular weight excluding hydrogens is 302 g/mol. The molecule has 0 aromatic heterocycles. The lowest BCUT2D eigenvalue weighted by molar-refractivity contribution is -0.149. The van der Waals surface area contributed by atoms with Gasteiger partial charge < -0.3 is 16.2 Å². The Labute approximate surface area is 124 Å². The van der Waals surface area contributed by atoms with Crippen molar-refractivity contribution in [2.45, 2.75) is 23.7 Å². The molecule has 20 heavy (non-hydrogen) atoms. The number of nitrogens with zero attached hydrogens (tertiary/aromatic N) is 1. The smallest absolute Gasteiger partial charge is 0.352 e. The van der Waals surface area contributed by atoms with E-state index in [1.165, 1.54) is 28.4 Å². The number of carboxylic acids is 1. The summed E-state index contributed by atoms with van der Waals surface area (Å²) >= 11 is 2.89. The van der Waals surface area contributed by atoms with Gasteiger partial charge in [-0.1, -0.05) is 0 Å². The second-order valence-electron chi connectivity index (χ2n) is 4.45. The number of nitrogens with one attached hydrogen (secondary N) is 1. The summed E-state index contributed by atoms with van der Waals surface area (Å²) in [6, 6.07) is -0.630. The third-order valence-electron chi connectivity index (χ3n) is 3.02. The molecule has 2 heterocycles. The van der Waals surface area contributed by atoms with Crippen molar-refractivity contribution in [3.63, 3.8) is 0 Å². The predicted octanol–water partition coefficient (Wildman–Crippen LogP) is -0.607. The molecule has 1 fully saturated rings. The number of nitrogens with two attached hydrogens (primary N) is 1. The van der Waals surface area contributed by atoms with Crippen LogP contribution in [0.15, 0.2) is 11.3 Å². The molecule has 3 atom stereocenters. The van der Waals surface area contributed by atoms with E-state index in [4.69, 9.17) is 5.73 Å². The number of fused-ring (bicyclic) bond motifs is 1. The minimum atomic E-state index is -1.12. The second-order valence-corrected chi connectivity index (χ2v) is 6.92. The van der Waals surface area contributed by atoms with Gasteiger partial charge in [-0.2, -0.15) is 0 Å². The fourth-order valence-electron chi connectivity index (χ4n) is 2.12. The summed E-state index contributed by atoms with van der Waals surface area (Å²) in [4.78, 5) is 35.1. The van der Waals surface area contributed by atoms with E-state index < -0.39 is 12.0 Å². The third-order valence-corrected chi connectivity index (χ3v) is 5.40. The van der Waals surface area contributed by atoms with Gasteiger partial charge in [0.15, 0.2) is 0 Å². The van der Waals surface area contributed by atoms with Crippen LogP contribution in [0.3, 0.4) is 0 Å². The average molecular weight is 317 g/mol. The molecule has 0 radical (unpaired) electrons. The number of hydrogen-bond donors (Lipinski definition) is 3. The number of β-lactam (4-membered cyclic amide) rings is 1. The van der Waals surface area contributed by atoms with Crippen molar-refractivity contribution in [3.8, 4) is 0 Å². The van der Waals surface area contributed by atoms with Crippen LogP contribution >= 0.6 is 23.5 Å². The molecule has 0 aromatic carbocycles. The quantitative estimate of drug-likeness (QED) is 0.340. The van der Waals surface area contributed by atoms with Crippen molar-refractivity contribution in [2.75, 3.05) is 11.5 Å². The van der Waals surface area contributed by atoms with Crippen LogP contribution in [0.1, 0.15) is 6.92 Å². The summed E-state index contributed by atoms with van der Waals surface area (Å²) in [5, 5.41) is 11.3. The fraction of sp³-hybridized carbons (Fsp3) is 0.545. The average Bonchev–Trinajstić information content (AvgIpc) is 2.40. The molecule has 2 amide bonds. The first-order valence-electron chi connectivity index (χ1n) is 5.94. The number of carbonyl (C=O) groups excluding carboxylic acids is 2. The predicted molar refractivity (Wildman–Crippen MR) is 76.8 cm³/mol. The molecule has 3 unspecified atom stereocenters. The van der Waals surface area contributed by atoms with Crippen molar-refractivity contribution in [1.82, 2.24) is 10.2 Å². The number of amides is 2. The van der Waals surface area contributed by atoms with Gasteiger partial charge in [0.05, 0.1) is 0 Å². The number of rotatable bonds is 6. The lowest BCUT2D eigenvalue weighted by atomic mass is 10.0. The lowest BCUT2D eigenvalue weighted by Crippen LogP contribution is -2.69. The first-order valence-corrected chi connectivity index (χ1v) is 8.04. The summed E-state index contributed by atoms with van der Waals surface area (Å²) in [6.07, 6.45) is 0.464. The number of thioether (sulfide) groups is 2. The largest absolute Gasteiger partial charge is 0.477 e. The maximum absolute atomic E-state index is 11.9. The Hall–Kier alpha value is -1.19. The Morgan fingerprint density at radius 1 is 1.75 bits per heavy atom. The van der Waals surface area contributed by atoms with Crippen LogP contribution in [0.4, 0.5) is 0 Å². The van der Waals surface area contributed by atoms with E-state index in [0.717, 1.165) is 0 Å². The SMILES string of the molecule is CC(N)SCC1=C(C(=O)O)N2C(=O)C(NC=O)C2SC1. The summed E-state index contributed by atoms with van der Waals surface area (Å²) in [7, 11) is 0. The maximum atomic E-state index is 11.9. The van der Waals surface area contributed by atoms with Crippen molar-refractivity contribution in [1.29, 1.82) is 0 Å². The first-order chi connectivity index (χ1) is 9.47. The van der Waals surface area contributed by atoms with E-state index in [9.17, 15) is 19.5 Å². The van der Waals surface area contributed by atoms with Gasteiger partial charge in [-0.25, -0.2) is 4.79 Å². The number of carboxylic acid groups (broad SMARTS) is 1. The number of aliphatic carboxylic acids is 1. The van der Waals surface area contributed by atoms with Gasteiger partial charge in [0.2, 0.25) is 6.41 Å². The second kappa shape index (κ2) is 6.06. The van der Waals surface area contributed by atoms with Gasteiger partial charge in [-0.3, -0.25) is 14.5 Å². The molecule has 2 aliphatic rings. The standard InChI is InChI=1S/C11H15N3O4S2/c1-5(12)19-2-6-3-20-10-7(13-4-15)9(16)14(10)8(6)11(17)18/h4-5,7,10H,2-3,12H2,1H3,(H,13,15)(H,17,18). The Kier molecular flexibility index (Phi) is 4.61. The summed E-state index contributed by atoms with van der Waals surface area (Å²) in [5.41, 5.74) is 6.38. The zero-order valence-electron chi connectivity index (χ0n) is 10.7. The molecule has 0 aromatic rings. The van der Waals surface area contributed by atoms with Crippen LogP contribution in [-0.2, 0) is 14.4 Å². The van der Waals surface area contributed by atoms with Crippen molar-refractivity contribution in [3.05, 3.63) is 11.3 Å². The molecule has 0 spiro atoms. The normalized spacial score (nSPS) is 26.7. The van der Waals surface area contributed by atoms with E-state index in [1.54, 1.807) is 0 Å². The van der Waals surface area contributed by atoms with Crippen LogP contribution in [-0.4, -0.2) is 56.6 Å². The maximum Gasteiger partial charge on any atom is 0.352 e. The molecule has 4 N–H and O–H groups in total. The highest BCUT2D eigenvalue weighted by Gasteiger charge is 2.53. The van der Waals surface area contributed by atoms with Crippen molar-refractivity contribution < 1.29 is 19.5 Å². The van der Waals surface area contributed by atoms with Gasteiger partial charge >= 0.3 is 5.97 Å². The Balaban J connectivity index is 2.21. The molecule has 110 valence electrons. The number of hydrogen-bond acceptors (Lipinski definition) is 6. The monoisotopic (exact) mass is 317 g/mol. The summed E-state index contributed by atoms with van der Waals surface area (Å²) in [6.45, 7) is 1.82. The highest BCUT2D eigenvalue weighted by Crippen LogP contribution is 2.40. The molecule has 1 saturated heterocycles. The van der Waals surface area contributed by atoms with E-state index >= 15 is 0 Å². The van der Waals surface area contributed by atoms with E-state index in [2.05, 4.69) is 5.32 Å². The molecule has 0 aliphatic carbocycles. The van der Waals surface area contributed by atoms with Crippen LogP contribution in [0, 0.1) is 0 Å². The van der Waals surface area contributed by atoms with Crippen LogP contribution in [0.2, 0.25) is 0 Å². The van der Waals surface area contributed by atoms with Gasteiger partial charge in [0.25, 0.3) is 5.91 Å². The van der Waals surface area contributed by atoms with E-state index in [1.807, 2.05) is 6.92 Å². The van der Waals surface area contributed by atoms with Crippen molar-refractivity contribution >= 4 is 41.8 Å². The minimum absolute atomic E-state index is 0.0378. The number of carbonyl (C=O) groups is 3. The molecule has 7 nitrogen and oxygen atoms in total. The zero-order valence-corrected chi connectivity index (χ0v) is 12.4. The van der Waals surface area contributed by atoms with E-state index in [-0.39, 0.29) is 22.4 Å². The topological polar surface area (TPSA) is 113 Å². The van der Waals surface area contributed by atoms with Crippen LogP contribution in [0.25, 0.3) is 0 Å². The first kappa shape index (κ1) is 15.2. The van der Waals surface area contributed by atoms with E-state index in [0.29, 0.717) is 23.5 Å². The Morgan fingerprint density at radius 3 is 3.00 bits per heavy atom. The minimum Gasteiger partial charge on any atom is -0.477 e. The highest BCUT2D eigenvalue weighted by atomic mass is 32.2. The van der Waals surface area contributed by atoms with Crippen molar-refractivity contribution in [2.24, 2.45) is 5.73 Å². The Morgan fingerprint density at radius 2 is 2.45 bits per heavy atom. The third kappa shape index (κ3) is 2.65. The molecule has 0 bridgehead atoms. The van der Waals surface area contributed by atoms with Crippen LogP contribution in [0.5, 0.6) is 0 Å². The zero-order chi connectivity index (χ0) is 14.9. The molecule has 2 rings (SSSR count). The van der Waals surface area contributed by atoms with Gasteiger partial charge in [-0.15, -0.1) is 23.5 Å². The fourth-order valence-corrected chi connectivity index (χ4v) is 4.31. The molecule has 2 aliphatic heterocycles. The van der Waals surface area contributed by atoms with Crippen LogP contribution < -0.4 is 11.1 Å². The van der Waals surface area contributed by atoms with Gasteiger partial charge in [0.1, 0.15) is 17.1 Å². The molecule has 9 heteroatoms. The highest BCUT2D eigenvalue weighted by molar-refractivity contribution is 8.01. The van der Waals surface area contributed by atoms with Gasteiger partial charge in [-0.05, 0) is 12.5 Å². The van der Waals surface area contributed by atoms with Gasteiger partial charge in [0, 0.05) is 16.9 Å².